The number of oxazole rings is 1. The van der Waals surface area contributed by atoms with E-state index in [1.807, 2.05) is 25.2 Å². The van der Waals surface area contributed by atoms with E-state index in [4.69, 9.17) is 4.42 Å². The Bertz CT molecular complexity index is 530. The van der Waals surface area contributed by atoms with Crippen LogP contribution in [0, 0.1) is 0 Å². The lowest BCUT2D eigenvalue weighted by Gasteiger charge is -2.00. The third kappa shape index (κ3) is 2.28. The average molecular weight is 243 g/mol. The van der Waals surface area contributed by atoms with Gasteiger partial charge in [-0.25, -0.2) is 4.79 Å². The van der Waals surface area contributed by atoms with Crippen molar-refractivity contribution in [3.63, 3.8) is 0 Å². The minimum Gasteiger partial charge on any atom is -0.408 e. The fourth-order valence-corrected chi connectivity index (χ4v) is 1.60. The van der Waals surface area contributed by atoms with Crippen LogP contribution in [0.5, 0.6) is 0 Å². The number of halogens is 1. The minimum atomic E-state index is -0.309. The van der Waals surface area contributed by atoms with Crippen LogP contribution < -0.4 is 11.1 Å². The van der Waals surface area contributed by atoms with Crippen molar-refractivity contribution < 1.29 is 4.42 Å². The summed E-state index contributed by atoms with van der Waals surface area (Å²) in [4.78, 5) is 11.2. The lowest BCUT2D eigenvalue weighted by molar-refractivity contribution is 0.528. The Labute approximate surface area is 99.7 Å². The fraction of sp³-hybridized carbons (Fsp3) is 0.364. The van der Waals surface area contributed by atoms with Gasteiger partial charge in [0.05, 0.1) is 5.52 Å². The normalized spacial score (nSPS) is 10.4. The first-order valence-electron chi connectivity index (χ1n) is 4.95. The van der Waals surface area contributed by atoms with Crippen LogP contribution in [-0.2, 0) is 13.5 Å². The van der Waals surface area contributed by atoms with Gasteiger partial charge >= 0.3 is 5.76 Å². The summed E-state index contributed by atoms with van der Waals surface area (Å²) in [5.41, 5.74) is 2.68. The van der Waals surface area contributed by atoms with Crippen LogP contribution in [0.15, 0.2) is 27.4 Å². The number of hydrogen-bond acceptors (Lipinski definition) is 3. The van der Waals surface area contributed by atoms with Gasteiger partial charge in [-0.1, -0.05) is 6.07 Å². The number of rotatable bonds is 3. The SMILES string of the molecule is CNCCc1ccc2c(c1)oc(=O)n2C.Cl. The van der Waals surface area contributed by atoms with E-state index < -0.39 is 0 Å². The monoisotopic (exact) mass is 242 g/mol. The molecule has 2 rings (SSSR count). The molecule has 0 bridgehead atoms. The van der Waals surface area contributed by atoms with Crippen molar-refractivity contribution in [3.05, 3.63) is 34.3 Å². The molecular formula is C11H15ClN2O2. The summed E-state index contributed by atoms with van der Waals surface area (Å²) in [6.07, 6.45) is 0.936. The number of hydrogen-bond donors (Lipinski definition) is 1. The maximum absolute atomic E-state index is 11.2. The lowest BCUT2D eigenvalue weighted by atomic mass is 10.1. The molecule has 0 saturated carbocycles. The lowest BCUT2D eigenvalue weighted by Crippen LogP contribution is -2.10. The van der Waals surface area contributed by atoms with E-state index in [0.29, 0.717) is 5.58 Å². The predicted octanol–water partition coefficient (Wildman–Crippen LogP) is 1.32. The molecule has 0 aliphatic carbocycles. The highest BCUT2D eigenvalue weighted by molar-refractivity contribution is 5.85. The first-order valence-corrected chi connectivity index (χ1v) is 4.95. The Morgan fingerprint density at radius 2 is 2.19 bits per heavy atom. The van der Waals surface area contributed by atoms with Gasteiger partial charge in [0, 0.05) is 7.05 Å². The summed E-state index contributed by atoms with van der Waals surface area (Å²) >= 11 is 0. The number of nitrogens with one attached hydrogen (secondary N) is 1. The molecule has 5 heteroatoms. The molecule has 16 heavy (non-hydrogen) atoms. The number of aromatic nitrogens is 1. The van der Waals surface area contributed by atoms with Crippen LogP contribution in [0.3, 0.4) is 0 Å². The zero-order valence-corrected chi connectivity index (χ0v) is 10.1. The summed E-state index contributed by atoms with van der Waals surface area (Å²) < 4.78 is 6.62. The van der Waals surface area contributed by atoms with Crippen molar-refractivity contribution >= 4 is 23.5 Å². The Kier molecular flexibility index (Phi) is 4.15. The van der Waals surface area contributed by atoms with Gasteiger partial charge in [-0.05, 0) is 37.7 Å². The molecule has 1 heterocycles. The van der Waals surface area contributed by atoms with E-state index >= 15 is 0 Å². The second kappa shape index (κ2) is 5.18. The third-order valence-electron chi connectivity index (χ3n) is 2.52. The zero-order valence-electron chi connectivity index (χ0n) is 9.32. The van der Waals surface area contributed by atoms with Crippen molar-refractivity contribution in [2.45, 2.75) is 6.42 Å². The molecule has 1 aromatic heterocycles. The second-order valence-corrected chi connectivity index (χ2v) is 3.58. The third-order valence-corrected chi connectivity index (χ3v) is 2.52. The molecule has 1 N–H and O–H groups in total. The molecule has 1 aromatic carbocycles. The van der Waals surface area contributed by atoms with Crippen molar-refractivity contribution in [1.82, 2.24) is 9.88 Å². The molecule has 4 nitrogen and oxygen atoms in total. The summed E-state index contributed by atoms with van der Waals surface area (Å²) in [7, 11) is 3.63. The Balaban J connectivity index is 0.00000128. The molecule has 0 radical (unpaired) electrons. The number of nitrogens with zero attached hydrogens (tertiary/aromatic N) is 1. The molecule has 0 unspecified atom stereocenters. The molecule has 0 atom stereocenters. The van der Waals surface area contributed by atoms with Gasteiger partial charge in [0.25, 0.3) is 0 Å². The van der Waals surface area contributed by atoms with E-state index in [1.54, 1.807) is 7.05 Å². The van der Waals surface area contributed by atoms with Gasteiger partial charge in [-0.15, -0.1) is 12.4 Å². The molecular weight excluding hydrogens is 228 g/mol. The molecule has 0 spiro atoms. The maximum Gasteiger partial charge on any atom is 0.419 e. The van der Waals surface area contributed by atoms with Crippen molar-refractivity contribution in [3.8, 4) is 0 Å². The van der Waals surface area contributed by atoms with Gasteiger partial charge in [0.2, 0.25) is 0 Å². The second-order valence-electron chi connectivity index (χ2n) is 3.58. The highest BCUT2D eigenvalue weighted by Crippen LogP contribution is 2.14. The Morgan fingerprint density at radius 3 is 2.88 bits per heavy atom. The molecule has 0 amide bonds. The molecule has 0 aliphatic heterocycles. The first kappa shape index (κ1) is 12.8. The van der Waals surface area contributed by atoms with Crippen molar-refractivity contribution in [2.75, 3.05) is 13.6 Å². The van der Waals surface area contributed by atoms with Crippen LogP contribution in [0.25, 0.3) is 11.1 Å². The van der Waals surface area contributed by atoms with E-state index in [2.05, 4.69) is 5.32 Å². The topological polar surface area (TPSA) is 47.2 Å². The van der Waals surface area contributed by atoms with E-state index in [9.17, 15) is 4.79 Å². The number of aryl methyl sites for hydroxylation is 1. The van der Waals surface area contributed by atoms with Crippen LogP contribution in [0.2, 0.25) is 0 Å². The summed E-state index contributed by atoms with van der Waals surface area (Å²) in [6.45, 7) is 0.919. The average Bonchev–Trinajstić information content (AvgIpc) is 2.52. The smallest absolute Gasteiger partial charge is 0.408 e. The molecule has 0 aliphatic rings. The molecule has 88 valence electrons. The largest absolute Gasteiger partial charge is 0.419 e. The summed E-state index contributed by atoms with van der Waals surface area (Å²) in [5.74, 6) is -0.309. The standard InChI is InChI=1S/C11H14N2O2.ClH/c1-12-6-5-8-3-4-9-10(7-8)15-11(14)13(9)2;/h3-4,7,12H,5-6H2,1-2H3;1H. The van der Waals surface area contributed by atoms with Gasteiger partial charge in [0.15, 0.2) is 5.58 Å². The molecule has 0 fully saturated rings. The van der Waals surface area contributed by atoms with Gasteiger partial charge in [0.1, 0.15) is 0 Å². The fourth-order valence-electron chi connectivity index (χ4n) is 1.60. The highest BCUT2D eigenvalue weighted by Gasteiger charge is 2.05. The van der Waals surface area contributed by atoms with E-state index in [-0.39, 0.29) is 18.2 Å². The molecule has 0 saturated heterocycles. The highest BCUT2D eigenvalue weighted by atomic mass is 35.5. The van der Waals surface area contributed by atoms with Gasteiger partial charge in [-0.2, -0.15) is 0 Å². The van der Waals surface area contributed by atoms with Crippen molar-refractivity contribution in [1.29, 1.82) is 0 Å². The number of fused-ring (bicyclic) bond motifs is 1. The summed E-state index contributed by atoms with van der Waals surface area (Å²) in [5, 5.41) is 3.08. The maximum atomic E-state index is 11.2. The first-order chi connectivity index (χ1) is 7.22. The number of likely N-dealkylation sites (N-methyl/N-ethyl adjacent to an activating group) is 1. The quantitative estimate of drug-likeness (QED) is 0.883. The minimum absolute atomic E-state index is 0. The Hall–Kier alpha value is -1.26. The number of benzene rings is 1. The Morgan fingerprint density at radius 1 is 1.44 bits per heavy atom. The molecule has 2 aromatic rings. The van der Waals surface area contributed by atoms with Crippen LogP contribution in [0.1, 0.15) is 5.56 Å². The van der Waals surface area contributed by atoms with E-state index in [0.717, 1.165) is 18.5 Å². The zero-order chi connectivity index (χ0) is 10.8. The van der Waals surface area contributed by atoms with Crippen LogP contribution >= 0.6 is 12.4 Å². The van der Waals surface area contributed by atoms with Gasteiger partial charge in [-0.3, -0.25) is 4.57 Å². The van der Waals surface area contributed by atoms with Crippen molar-refractivity contribution in [2.24, 2.45) is 7.05 Å². The predicted molar refractivity (Wildman–Crippen MR) is 66.3 cm³/mol. The van der Waals surface area contributed by atoms with Crippen LogP contribution in [0.4, 0.5) is 0 Å². The van der Waals surface area contributed by atoms with Crippen LogP contribution in [-0.4, -0.2) is 18.2 Å². The van der Waals surface area contributed by atoms with E-state index in [1.165, 1.54) is 10.1 Å². The van der Waals surface area contributed by atoms with Gasteiger partial charge < -0.3 is 9.73 Å². The summed E-state index contributed by atoms with van der Waals surface area (Å²) in [6, 6.07) is 5.87.